The lowest BCUT2D eigenvalue weighted by Crippen LogP contribution is -2.40. The summed E-state index contributed by atoms with van der Waals surface area (Å²) < 4.78 is 57.9. The van der Waals surface area contributed by atoms with Crippen LogP contribution in [-0.4, -0.2) is 50.5 Å². The zero-order valence-electron chi connectivity index (χ0n) is 22.4. The molecule has 2 aliphatic rings. The van der Waals surface area contributed by atoms with E-state index in [1.807, 2.05) is 0 Å². The predicted molar refractivity (Wildman–Crippen MR) is 144 cm³/mol. The van der Waals surface area contributed by atoms with E-state index < -0.39 is 58.9 Å². The fraction of sp³-hybridized carbons (Fsp3) is 0.571. The van der Waals surface area contributed by atoms with Crippen LogP contribution in [0.15, 0.2) is 18.3 Å². The molecule has 1 N–H and O–H groups in total. The molecule has 1 heterocycles. The van der Waals surface area contributed by atoms with Gasteiger partial charge in [-0.1, -0.05) is 42.5 Å². The number of benzene rings is 1. The molecule has 224 valence electrons. The first-order valence-corrected chi connectivity index (χ1v) is 14.3. The van der Waals surface area contributed by atoms with Crippen molar-refractivity contribution in [3.8, 4) is 0 Å². The molecule has 41 heavy (non-hydrogen) atoms. The number of amides is 1. The Labute approximate surface area is 244 Å². The summed E-state index contributed by atoms with van der Waals surface area (Å²) in [6.07, 6.45) is 0.864. The molecule has 2 saturated carbocycles. The first-order chi connectivity index (χ1) is 19.2. The molecule has 0 spiro atoms. The highest BCUT2D eigenvalue weighted by atomic mass is 35.5. The fourth-order valence-electron chi connectivity index (χ4n) is 5.91. The van der Waals surface area contributed by atoms with Gasteiger partial charge in [-0.05, 0) is 63.5 Å². The Hall–Kier alpha value is -2.66. The fourth-order valence-corrected chi connectivity index (χ4v) is 6.58. The normalized spacial score (nSPS) is 22.0. The van der Waals surface area contributed by atoms with E-state index >= 15 is 0 Å². The first-order valence-electron chi connectivity index (χ1n) is 13.6. The average Bonchev–Trinajstić information content (AvgIpc) is 3.34. The molecule has 7 nitrogen and oxygen atoms in total. The van der Waals surface area contributed by atoms with Crippen LogP contribution < -0.4 is 0 Å². The van der Waals surface area contributed by atoms with E-state index in [1.54, 1.807) is 6.92 Å². The monoisotopic (exact) mass is 619 g/mol. The smallest absolute Gasteiger partial charge is 0.433 e. The third-order valence-corrected chi connectivity index (χ3v) is 8.92. The number of halogens is 6. The molecule has 1 aromatic carbocycles. The predicted octanol–water partition coefficient (Wildman–Crippen LogP) is 7.46. The maximum atomic E-state index is 14.5. The Kier molecular flexibility index (Phi) is 9.38. The molecule has 2 aromatic rings. The van der Waals surface area contributed by atoms with Gasteiger partial charge in [0, 0.05) is 6.54 Å². The van der Waals surface area contributed by atoms with Gasteiger partial charge >= 0.3 is 12.1 Å². The third-order valence-electron chi connectivity index (χ3n) is 8.33. The van der Waals surface area contributed by atoms with Crippen LogP contribution in [-0.2, 0) is 11.0 Å². The van der Waals surface area contributed by atoms with E-state index in [1.165, 1.54) is 0 Å². The summed E-state index contributed by atoms with van der Waals surface area (Å²) in [7, 11) is 0. The number of aliphatic carboxylic acids is 1. The summed E-state index contributed by atoms with van der Waals surface area (Å²) in [5, 5.41) is 12.9. The van der Waals surface area contributed by atoms with Crippen molar-refractivity contribution in [3.05, 3.63) is 51.0 Å². The molecular formula is C28H31Cl2F4N3O4. The number of carbonyl (C=O) groups is 3. The number of carboxylic acids is 1. The number of nitrogens with zero attached hydrogens (tertiary/aromatic N) is 3. The number of alkyl halides is 3. The van der Waals surface area contributed by atoms with Gasteiger partial charge in [-0.2, -0.15) is 18.3 Å². The lowest BCUT2D eigenvalue weighted by Gasteiger charge is -2.34. The van der Waals surface area contributed by atoms with Gasteiger partial charge in [0.1, 0.15) is 5.82 Å². The van der Waals surface area contributed by atoms with Gasteiger partial charge in [0.05, 0.1) is 45.4 Å². The van der Waals surface area contributed by atoms with Crippen LogP contribution >= 0.6 is 23.2 Å². The molecule has 0 saturated heterocycles. The van der Waals surface area contributed by atoms with E-state index in [0.29, 0.717) is 0 Å². The summed E-state index contributed by atoms with van der Waals surface area (Å²) in [5.41, 5.74) is -3.18. The highest BCUT2D eigenvalue weighted by Gasteiger charge is 2.45. The number of hydrogen-bond acceptors (Lipinski definition) is 4. The summed E-state index contributed by atoms with van der Waals surface area (Å²) >= 11 is 12.1. The molecule has 0 atom stereocenters. The second-order valence-electron chi connectivity index (χ2n) is 11.3. The standard InChI is InChI=1S/C28H31Cl2F4N3O4/c1-27(26(40)41)9-7-18(8-10-27)37-24(28(32,33)34)19(13-35-37)25(39)36(14-16-5-3-2-4-6-16)15-22(38)23-20(29)11-17(31)12-21(23)30/h11-13,16,18H,2-10,14-15H2,1H3,(H,40,41). The molecule has 0 bridgehead atoms. The highest BCUT2D eigenvalue weighted by molar-refractivity contribution is 6.40. The van der Waals surface area contributed by atoms with Crippen LogP contribution in [0, 0.1) is 17.2 Å². The van der Waals surface area contributed by atoms with Crippen LogP contribution in [0.3, 0.4) is 0 Å². The lowest BCUT2D eigenvalue weighted by atomic mass is 9.74. The zero-order chi connectivity index (χ0) is 30.1. The largest absolute Gasteiger partial charge is 0.481 e. The van der Waals surface area contributed by atoms with E-state index in [2.05, 4.69) is 5.10 Å². The van der Waals surface area contributed by atoms with Gasteiger partial charge in [-0.3, -0.25) is 19.1 Å². The number of carbonyl (C=O) groups excluding carboxylic acids is 2. The van der Waals surface area contributed by atoms with E-state index in [9.17, 15) is 37.1 Å². The molecule has 0 radical (unpaired) electrons. The van der Waals surface area contributed by atoms with Crippen molar-refractivity contribution >= 4 is 40.9 Å². The van der Waals surface area contributed by atoms with Crippen LogP contribution in [0.5, 0.6) is 0 Å². The van der Waals surface area contributed by atoms with E-state index in [0.717, 1.165) is 60.0 Å². The number of carboxylic acid groups (broad SMARTS) is 1. The van der Waals surface area contributed by atoms with Gasteiger partial charge in [0.15, 0.2) is 11.5 Å². The number of hydrogen-bond donors (Lipinski definition) is 1. The van der Waals surface area contributed by atoms with Gasteiger partial charge in [-0.15, -0.1) is 0 Å². The lowest BCUT2D eigenvalue weighted by molar-refractivity contribution is -0.152. The average molecular weight is 620 g/mol. The van der Waals surface area contributed by atoms with E-state index in [4.69, 9.17) is 23.2 Å². The molecular weight excluding hydrogens is 589 g/mol. The molecule has 4 rings (SSSR count). The highest BCUT2D eigenvalue weighted by Crippen LogP contribution is 2.43. The number of rotatable bonds is 8. The summed E-state index contributed by atoms with van der Waals surface area (Å²) in [5.74, 6) is -3.53. The Morgan fingerprint density at radius 1 is 1.07 bits per heavy atom. The minimum atomic E-state index is -4.95. The number of aromatic nitrogens is 2. The van der Waals surface area contributed by atoms with Crippen LogP contribution in [0.2, 0.25) is 10.0 Å². The number of ketones is 1. The van der Waals surface area contributed by atoms with Gasteiger partial charge in [0.25, 0.3) is 5.91 Å². The van der Waals surface area contributed by atoms with Crippen molar-refractivity contribution < 1.29 is 37.1 Å². The van der Waals surface area contributed by atoms with Gasteiger partial charge in [0.2, 0.25) is 0 Å². The molecule has 2 fully saturated rings. The molecule has 0 unspecified atom stereocenters. The summed E-state index contributed by atoms with van der Waals surface area (Å²) in [4.78, 5) is 39.7. The number of Topliss-reactive ketones (excluding diaryl/α,β-unsaturated/α-hetero) is 1. The maximum Gasteiger partial charge on any atom is 0.433 e. The zero-order valence-corrected chi connectivity index (χ0v) is 24.0. The first kappa shape index (κ1) is 31.3. The molecule has 1 aromatic heterocycles. The second kappa shape index (κ2) is 12.3. The second-order valence-corrected chi connectivity index (χ2v) is 12.1. The SMILES string of the molecule is CC1(C(=O)O)CCC(n2ncc(C(=O)N(CC(=O)c3c(Cl)cc(F)cc3Cl)CC3CCCCC3)c2C(F)(F)F)CC1. The van der Waals surface area contributed by atoms with Gasteiger partial charge in [-0.25, -0.2) is 4.39 Å². The van der Waals surface area contributed by atoms with Crippen LogP contribution in [0.25, 0.3) is 0 Å². The van der Waals surface area contributed by atoms with Crippen LogP contribution in [0.4, 0.5) is 17.6 Å². The molecule has 0 aliphatic heterocycles. The van der Waals surface area contributed by atoms with Crippen molar-refractivity contribution in [2.75, 3.05) is 13.1 Å². The topological polar surface area (TPSA) is 92.5 Å². The molecule has 13 heteroatoms. The quantitative estimate of drug-likeness (QED) is 0.244. The van der Waals surface area contributed by atoms with Crippen molar-refractivity contribution in [2.45, 2.75) is 76.9 Å². The summed E-state index contributed by atoms with van der Waals surface area (Å²) in [6.45, 7) is 1.00. The van der Waals surface area contributed by atoms with Crippen molar-refractivity contribution in [2.24, 2.45) is 11.3 Å². The third kappa shape index (κ3) is 6.88. The van der Waals surface area contributed by atoms with Crippen LogP contribution in [0.1, 0.15) is 97.2 Å². The Morgan fingerprint density at radius 2 is 1.66 bits per heavy atom. The minimum absolute atomic E-state index is 0.0175. The minimum Gasteiger partial charge on any atom is -0.481 e. The van der Waals surface area contributed by atoms with Crippen molar-refractivity contribution in [1.82, 2.24) is 14.7 Å². The van der Waals surface area contributed by atoms with Crippen molar-refractivity contribution in [3.63, 3.8) is 0 Å². The molecule has 1 amide bonds. The van der Waals surface area contributed by atoms with E-state index in [-0.39, 0.29) is 53.8 Å². The Morgan fingerprint density at radius 3 is 2.20 bits per heavy atom. The van der Waals surface area contributed by atoms with Crippen molar-refractivity contribution in [1.29, 1.82) is 0 Å². The maximum absolute atomic E-state index is 14.5. The van der Waals surface area contributed by atoms with Gasteiger partial charge < -0.3 is 10.0 Å². The molecule has 2 aliphatic carbocycles. The summed E-state index contributed by atoms with van der Waals surface area (Å²) in [6, 6.07) is 1.06. The Bertz CT molecular complexity index is 1290. The Balaban J connectivity index is 1.67.